The van der Waals surface area contributed by atoms with Crippen LogP contribution in [0.5, 0.6) is 0 Å². The molecule has 0 aliphatic carbocycles. The monoisotopic (exact) mass is 290 g/mol. The van der Waals surface area contributed by atoms with Crippen molar-refractivity contribution >= 4 is 5.91 Å². The Labute approximate surface area is 127 Å². The van der Waals surface area contributed by atoms with Gasteiger partial charge in [0.15, 0.2) is 0 Å². The molecule has 1 aromatic carbocycles. The Morgan fingerprint density at radius 2 is 1.95 bits per heavy atom. The zero-order valence-electron chi connectivity index (χ0n) is 13.3. The molecule has 0 radical (unpaired) electrons. The largest absolute Gasteiger partial charge is 0.376 e. The van der Waals surface area contributed by atoms with Crippen LogP contribution in [-0.2, 0) is 4.74 Å². The van der Waals surface area contributed by atoms with E-state index >= 15 is 0 Å². The summed E-state index contributed by atoms with van der Waals surface area (Å²) in [5.41, 5.74) is 1.93. The number of ether oxygens (including phenoxy) is 1. The van der Waals surface area contributed by atoms with E-state index < -0.39 is 0 Å². The third-order valence-electron chi connectivity index (χ3n) is 3.85. The second-order valence-corrected chi connectivity index (χ2v) is 6.06. The molecular weight excluding hydrogens is 264 g/mol. The molecule has 1 saturated heterocycles. The molecule has 0 saturated carbocycles. The third kappa shape index (κ3) is 4.83. The van der Waals surface area contributed by atoms with Gasteiger partial charge in [-0.1, -0.05) is 17.7 Å². The van der Waals surface area contributed by atoms with Gasteiger partial charge in [0.1, 0.15) is 0 Å². The van der Waals surface area contributed by atoms with Crippen molar-refractivity contribution < 1.29 is 9.53 Å². The quantitative estimate of drug-likeness (QED) is 0.805. The molecule has 0 N–H and O–H groups in total. The van der Waals surface area contributed by atoms with Crippen molar-refractivity contribution in [2.75, 3.05) is 40.3 Å². The number of likely N-dealkylation sites (N-methyl/N-ethyl adjacent to an activating group) is 1. The predicted octanol–water partition coefficient (Wildman–Crippen LogP) is 2.18. The Kier molecular flexibility index (Phi) is 5.76. The van der Waals surface area contributed by atoms with Crippen molar-refractivity contribution in [2.24, 2.45) is 0 Å². The summed E-state index contributed by atoms with van der Waals surface area (Å²) in [7, 11) is 4.06. The highest BCUT2D eigenvalue weighted by Crippen LogP contribution is 2.15. The predicted molar refractivity (Wildman–Crippen MR) is 84.6 cm³/mol. The van der Waals surface area contributed by atoms with Gasteiger partial charge in [0, 0.05) is 31.8 Å². The molecule has 1 heterocycles. The zero-order chi connectivity index (χ0) is 15.2. The maximum atomic E-state index is 12.7. The van der Waals surface area contributed by atoms with Gasteiger partial charge in [0.25, 0.3) is 5.91 Å². The SMILES string of the molecule is Cc1ccc(C(=O)N(CCN(C)C)C[C@H]2CCCO2)cc1. The molecule has 1 aromatic rings. The van der Waals surface area contributed by atoms with Gasteiger partial charge in [-0.25, -0.2) is 0 Å². The highest BCUT2D eigenvalue weighted by atomic mass is 16.5. The molecule has 0 aromatic heterocycles. The van der Waals surface area contributed by atoms with E-state index in [-0.39, 0.29) is 12.0 Å². The minimum absolute atomic E-state index is 0.104. The van der Waals surface area contributed by atoms with Gasteiger partial charge in [-0.05, 0) is 46.0 Å². The number of carbonyl (C=O) groups excluding carboxylic acids is 1. The van der Waals surface area contributed by atoms with Crippen LogP contribution < -0.4 is 0 Å². The van der Waals surface area contributed by atoms with E-state index in [0.29, 0.717) is 6.54 Å². The number of nitrogens with zero attached hydrogens (tertiary/aromatic N) is 2. The van der Waals surface area contributed by atoms with Gasteiger partial charge in [-0.15, -0.1) is 0 Å². The van der Waals surface area contributed by atoms with Gasteiger partial charge < -0.3 is 14.5 Å². The van der Waals surface area contributed by atoms with Crippen molar-refractivity contribution in [2.45, 2.75) is 25.9 Å². The zero-order valence-corrected chi connectivity index (χ0v) is 13.3. The van der Waals surface area contributed by atoms with Crippen molar-refractivity contribution in [3.8, 4) is 0 Å². The molecule has 1 atom stereocenters. The van der Waals surface area contributed by atoms with Crippen LogP contribution >= 0.6 is 0 Å². The summed E-state index contributed by atoms with van der Waals surface area (Å²) < 4.78 is 5.69. The fourth-order valence-electron chi connectivity index (χ4n) is 2.51. The first kappa shape index (κ1) is 16.0. The van der Waals surface area contributed by atoms with Crippen LogP contribution in [0.2, 0.25) is 0 Å². The van der Waals surface area contributed by atoms with E-state index in [1.54, 1.807) is 0 Å². The summed E-state index contributed by atoms with van der Waals surface area (Å²) in [5.74, 6) is 0.104. The number of carbonyl (C=O) groups is 1. The summed E-state index contributed by atoms with van der Waals surface area (Å²) in [6.45, 7) is 5.15. The molecule has 2 rings (SSSR count). The lowest BCUT2D eigenvalue weighted by molar-refractivity contribution is 0.0512. The Bertz CT molecular complexity index is 450. The Hall–Kier alpha value is -1.39. The fraction of sp³-hybridized carbons (Fsp3) is 0.588. The molecule has 1 amide bonds. The number of hydrogen-bond donors (Lipinski definition) is 0. The first-order valence-electron chi connectivity index (χ1n) is 7.68. The number of amides is 1. The van der Waals surface area contributed by atoms with E-state index in [9.17, 15) is 4.79 Å². The lowest BCUT2D eigenvalue weighted by atomic mass is 10.1. The highest BCUT2D eigenvalue weighted by molar-refractivity contribution is 5.94. The normalized spacial score (nSPS) is 18.2. The van der Waals surface area contributed by atoms with Crippen molar-refractivity contribution in [3.63, 3.8) is 0 Å². The highest BCUT2D eigenvalue weighted by Gasteiger charge is 2.23. The van der Waals surface area contributed by atoms with Crippen LogP contribution in [0.3, 0.4) is 0 Å². The summed E-state index contributed by atoms with van der Waals surface area (Å²) in [6.07, 6.45) is 2.35. The van der Waals surface area contributed by atoms with Crippen LogP contribution in [0.25, 0.3) is 0 Å². The van der Waals surface area contributed by atoms with Crippen molar-refractivity contribution in [1.29, 1.82) is 0 Å². The topological polar surface area (TPSA) is 32.8 Å². The molecule has 1 fully saturated rings. The van der Waals surface area contributed by atoms with E-state index in [1.165, 1.54) is 5.56 Å². The van der Waals surface area contributed by atoms with Gasteiger partial charge in [0.2, 0.25) is 0 Å². The maximum Gasteiger partial charge on any atom is 0.253 e. The minimum Gasteiger partial charge on any atom is -0.376 e. The summed E-state index contributed by atoms with van der Waals surface area (Å²) in [6, 6.07) is 7.80. The standard InChI is InChI=1S/C17H26N2O2/c1-14-6-8-15(9-7-14)17(20)19(11-10-18(2)3)13-16-5-4-12-21-16/h6-9,16H,4-5,10-13H2,1-3H3/t16-/m1/s1. The third-order valence-corrected chi connectivity index (χ3v) is 3.85. The van der Waals surface area contributed by atoms with Crippen molar-refractivity contribution in [3.05, 3.63) is 35.4 Å². The molecule has 4 heteroatoms. The van der Waals surface area contributed by atoms with Crippen LogP contribution in [-0.4, -0.2) is 62.1 Å². The molecule has 0 spiro atoms. The second kappa shape index (κ2) is 7.57. The average molecular weight is 290 g/mol. The number of rotatable bonds is 6. The van der Waals surface area contributed by atoms with Crippen LogP contribution in [0, 0.1) is 6.92 Å². The van der Waals surface area contributed by atoms with Crippen molar-refractivity contribution in [1.82, 2.24) is 9.80 Å². The minimum atomic E-state index is 0.104. The second-order valence-electron chi connectivity index (χ2n) is 6.06. The molecule has 4 nitrogen and oxygen atoms in total. The maximum absolute atomic E-state index is 12.7. The van der Waals surface area contributed by atoms with E-state index in [2.05, 4.69) is 4.90 Å². The lowest BCUT2D eigenvalue weighted by Gasteiger charge is -2.27. The molecule has 1 aliphatic rings. The van der Waals surface area contributed by atoms with E-state index in [4.69, 9.17) is 4.74 Å². The first-order chi connectivity index (χ1) is 10.1. The van der Waals surface area contributed by atoms with Gasteiger partial charge in [0.05, 0.1) is 6.10 Å². The molecule has 0 unspecified atom stereocenters. The summed E-state index contributed by atoms with van der Waals surface area (Å²) >= 11 is 0. The van der Waals surface area contributed by atoms with Crippen LogP contribution in [0.15, 0.2) is 24.3 Å². The summed E-state index contributed by atoms with van der Waals surface area (Å²) in [5, 5.41) is 0. The first-order valence-corrected chi connectivity index (χ1v) is 7.68. The smallest absolute Gasteiger partial charge is 0.253 e. The fourth-order valence-corrected chi connectivity index (χ4v) is 2.51. The van der Waals surface area contributed by atoms with Gasteiger partial charge in [-0.3, -0.25) is 4.79 Å². The molecular formula is C17H26N2O2. The number of aryl methyl sites for hydroxylation is 1. The lowest BCUT2D eigenvalue weighted by Crippen LogP contribution is -2.41. The Balaban J connectivity index is 2.04. The van der Waals surface area contributed by atoms with Crippen LogP contribution in [0.1, 0.15) is 28.8 Å². The van der Waals surface area contributed by atoms with Gasteiger partial charge in [-0.2, -0.15) is 0 Å². The van der Waals surface area contributed by atoms with Gasteiger partial charge >= 0.3 is 0 Å². The Morgan fingerprint density at radius 1 is 1.24 bits per heavy atom. The number of hydrogen-bond acceptors (Lipinski definition) is 3. The molecule has 0 bridgehead atoms. The Morgan fingerprint density at radius 3 is 2.52 bits per heavy atom. The molecule has 21 heavy (non-hydrogen) atoms. The molecule has 116 valence electrons. The summed E-state index contributed by atoms with van der Waals surface area (Å²) in [4.78, 5) is 16.7. The van der Waals surface area contributed by atoms with E-state index in [0.717, 1.165) is 38.1 Å². The average Bonchev–Trinajstić information content (AvgIpc) is 2.96. The van der Waals surface area contributed by atoms with E-state index in [1.807, 2.05) is 50.2 Å². The molecule has 1 aliphatic heterocycles. The van der Waals surface area contributed by atoms with Crippen LogP contribution in [0.4, 0.5) is 0 Å². The number of benzene rings is 1.